The summed E-state index contributed by atoms with van der Waals surface area (Å²) < 4.78 is 41.2. The van der Waals surface area contributed by atoms with Crippen LogP contribution in [0.1, 0.15) is 35.9 Å². The van der Waals surface area contributed by atoms with Gasteiger partial charge in [-0.2, -0.15) is 0 Å². The fourth-order valence-corrected chi connectivity index (χ4v) is 4.69. The second-order valence-electron chi connectivity index (χ2n) is 8.75. The Morgan fingerprint density at radius 3 is 2.55 bits per heavy atom. The molecule has 3 heterocycles. The molecule has 0 saturated carbocycles. The Bertz CT molecular complexity index is 1460. The number of hydrogen-bond donors (Lipinski definition) is 2. The highest BCUT2D eigenvalue weighted by Gasteiger charge is 2.31. The minimum Gasteiger partial charge on any atom is -0.406 e. The van der Waals surface area contributed by atoms with E-state index in [1.807, 2.05) is 24.3 Å². The summed E-state index contributed by atoms with van der Waals surface area (Å²) in [4.78, 5) is 32.6. The number of nitrogens with zero attached hydrogens (tertiary/aromatic N) is 4. The molecule has 3 aromatic heterocycles. The first-order valence-electron chi connectivity index (χ1n) is 12.3. The molecule has 1 aromatic carbocycles. The Morgan fingerprint density at radius 2 is 1.80 bits per heavy atom. The Kier molecular flexibility index (Phi) is 9.38. The van der Waals surface area contributed by atoms with E-state index in [1.165, 1.54) is 42.5 Å². The fourth-order valence-electron chi connectivity index (χ4n) is 3.89. The molecule has 2 N–H and O–H groups in total. The zero-order chi connectivity index (χ0) is 28.5. The van der Waals surface area contributed by atoms with Gasteiger partial charge in [0.15, 0.2) is 0 Å². The molecule has 0 aliphatic rings. The first-order chi connectivity index (χ1) is 19.1. The molecule has 0 aliphatic carbocycles. The lowest BCUT2D eigenvalue weighted by molar-refractivity contribution is -0.274. The van der Waals surface area contributed by atoms with Crippen LogP contribution in [0.15, 0.2) is 60.9 Å². The number of nitrogens with one attached hydrogen (secondary N) is 2. The van der Waals surface area contributed by atoms with Crippen LogP contribution in [0.2, 0.25) is 0 Å². The molecule has 0 unspecified atom stereocenters. The average molecular weight is 571 g/mol. The Hall–Kier alpha value is -4.39. The molecule has 2 amide bonds. The van der Waals surface area contributed by atoms with E-state index in [0.29, 0.717) is 22.9 Å². The highest BCUT2D eigenvalue weighted by molar-refractivity contribution is 7.15. The van der Waals surface area contributed by atoms with Crippen LogP contribution in [0.4, 0.5) is 24.1 Å². The number of rotatable bonds is 11. The van der Waals surface area contributed by atoms with Crippen molar-refractivity contribution in [3.05, 3.63) is 77.1 Å². The summed E-state index contributed by atoms with van der Waals surface area (Å²) in [6, 6.07) is 12.7. The molecule has 0 fully saturated rings. The van der Waals surface area contributed by atoms with Gasteiger partial charge in [-0.05, 0) is 60.7 Å². The van der Waals surface area contributed by atoms with Gasteiger partial charge < -0.3 is 15.4 Å². The number of unbranched alkanes of at least 4 members (excludes halogenated alkanes) is 1. The first kappa shape index (κ1) is 28.6. The zero-order valence-electron chi connectivity index (χ0n) is 21.4. The number of carbonyl (C=O) groups excluding carboxylic acids is 2. The normalized spacial score (nSPS) is 11.2. The second kappa shape index (κ2) is 13.1. The quantitative estimate of drug-likeness (QED) is 0.225. The van der Waals surface area contributed by atoms with Crippen molar-refractivity contribution in [2.24, 2.45) is 0 Å². The molecular weight excluding hydrogens is 545 g/mol. The van der Waals surface area contributed by atoms with Crippen molar-refractivity contribution >= 4 is 34.1 Å². The van der Waals surface area contributed by atoms with E-state index >= 15 is 0 Å². The molecule has 9 nitrogen and oxygen atoms in total. The predicted molar refractivity (Wildman–Crippen MR) is 144 cm³/mol. The number of carbonyl (C=O) groups is 2. The monoisotopic (exact) mass is 570 g/mol. The summed E-state index contributed by atoms with van der Waals surface area (Å²) in [6.45, 7) is 1.43. The van der Waals surface area contributed by atoms with Crippen LogP contribution in [-0.2, 0) is 28.9 Å². The summed E-state index contributed by atoms with van der Waals surface area (Å²) >= 11 is 1.25. The molecule has 208 valence electrons. The molecule has 0 saturated heterocycles. The highest BCUT2D eigenvalue weighted by Crippen LogP contribution is 2.27. The average Bonchev–Trinajstić information content (AvgIpc) is 3.33. The number of anilines is 2. The van der Waals surface area contributed by atoms with E-state index < -0.39 is 12.3 Å². The van der Waals surface area contributed by atoms with Gasteiger partial charge in [0.25, 0.3) is 0 Å². The number of alkyl halides is 3. The van der Waals surface area contributed by atoms with Crippen molar-refractivity contribution in [3.8, 4) is 17.0 Å². The maximum Gasteiger partial charge on any atom is 0.573 e. The number of benzene rings is 1. The Morgan fingerprint density at radius 1 is 0.975 bits per heavy atom. The van der Waals surface area contributed by atoms with Gasteiger partial charge in [0.1, 0.15) is 16.6 Å². The maximum atomic E-state index is 12.4. The molecule has 0 bridgehead atoms. The lowest BCUT2D eigenvalue weighted by Crippen LogP contribution is -2.17. The third-order valence-electron chi connectivity index (χ3n) is 5.53. The van der Waals surface area contributed by atoms with Crippen LogP contribution in [-0.4, -0.2) is 38.3 Å². The second-order valence-corrected chi connectivity index (χ2v) is 9.81. The van der Waals surface area contributed by atoms with E-state index in [2.05, 4.69) is 35.5 Å². The molecule has 0 spiro atoms. The van der Waals surface area contributed by atoms with Crippen LogP contribution in [0.5, 0.6) is 5.75 Å². The summed E-state index contributed by atoms with van der Waals surface area (Å²) in [5.41, 5.74) is 3.06. The number of halogens is 3. The van der Waals surface area contributed by atoms with Gasteiger partial charge in [-0.25, -0.2) is 4.98 Å². The molecular formula is C27H25F3N6O3S. The number of pyridine rings is 2. The Balaban J connectivity index is 1.28. The topological polar surface area (TPSA) is 119 Å². The first-order valence-corrected chi connectivity index (χ1v) is 13.1. The number of aromatic nitrogens is 4. The van der Waals surface area contributed by atoms with E-state index in [-0.39, 0.29) is 18.1 Å². The SMILES string of the molecule is CC(=O)Nc1cc(-c2ccccn2)c(CCCCc2nnc(NC(=O)Cc3cccc(OC(F)(F)F)c3)s2)cn1. The van der Waals surface area contributed by atoms with Crippen molar-refractivity contribution in [2.45, 2.75) is 45.4 Å². The van der Waals surface area contributed by atoms with Gasteiger partial charge in [0.2, 0.25) is 16.9 Å². The summed E-state index contributed by atoms with van der Waals surface area (Å²) in [5, 5.41) is 14.5. The van der Waals surface area contributed by atoms with E-state index in [4.69, 9.17) is 0 Å². The molecule has 0 aliphatic heterocycles. The van der Waals surface area contributed by atoms with Gasteiger partial charge in [0.05, 0.1) is 12.1 Å². The van der Waals surface area contributed by atoms with Gasteiger partial charge in [-0.3, -0.25) is 14.6 Å². The van der Waals surface area contributed by atoms with Crippen LogP contribution in [0.3, 0.4) is 0 Å². The van der Waals surface area contributed by atoms with Crippen LogP contribution in [0, 0.1) is 0 Å². The van der Waals surface area contributed by atoms with Crippen LogP contribution < -0.4 is 15.4 Å². The summed E-state index contributed by atoms with van der Waals surface area (Å²) in [7, 11) is 0. The van der Waals surface area contributed by atoms with E-state index in [9.17, 15) is 22.8 Å². The van der Waals surface area contributed by atoms with Crippen molar-refractivity contribution in [2.75, 3.05) is 10.6 Å². The maximum absolute atomic E-state index is 12.4. The highest BCUT2D eigenvalue weighted by atomic mass is 32.1. The van der Waals surface area contributed by atoms with Crippen molar-refractivity contribution in [1.29, 1.82) is 0 Å². The fraction of sp³-hybridized carbons (Fsp3) is 0.259. The van der Waals surface area contributed by atoms with E-state index in [0.717, 1.165) is 41.1 Å². The number of amides is 2. The van der Waals surface area contributed by atoms with Gasteiger partial charge in [0, 0.05) is 31.3 Å². The van der Waals surface area contributed by atoms with Gasteiger partial charge in [-0.15, -0.1) is 23.4 Å². The molecule has 0 radical (unpaired) electrons. The third kappa shape index (κ3) is 8.83. The van der Waals surface area contributed by atoms with Crippen LogP contribution >= 0.6 is 11.3 Å². The van der Waals surface area contributed by atoms with Crippen LogP contribution in [0.25, 0.3) is 11.3 Å². The zero-order valence-corrected chi connectivity index (χ0v) is 22.2. The smallest absolute Gasteiger partial charge is 0.406 e. The van der Waals surface area contributed by atoms with Gasteiger partial charge >= 0.3 is 6.36 Å². The molecule has 0 atom stereocenters. The molecule has 4 rings (SSSR count). The summed E-state index contributed by atoms with van der Waals surface area (Å²) in [6.07, 6.45) is 1.54. The number of ether oxygens (including phenoxy) is 1. The molecule has 4 aromatic rings. The number of aryl methyl sites for hydroxylation is 2. The third-order valence-corrected chi connectivity index (χ3v) is 6.43. The largest absolute Gasteiger partial charge is 0.573 e. The van der Waals surface area contributed by atoms with Gasteiger partial charge in [-0.1, -0.05) is 29.5 Å². The molecule has 40 heavy (non-hydrogen) atoms. The molecule has 13 heteroatoms. The minimum absolute atomic E-state index is 0.142. The predicted octanol–water partition coefficient (Wildman–Crippen LogP) is 5.60. The van der Waals surface area contributed by atoms with Crippen molar-refractivity contribution < 1.29 is 27.5 Å². The lowest BCUT2D eigenvalue weighted by atomic mass is 10.0. The lowest BCUT2D eigenvalue weighted by Gasteiger charge is -2.11. The standard InChI is InChI=1S/C27H25F3N6O3S/c1-17(37)33-23-15-21(22-10-4-5-12-31-22)19(16-32-23)8-2-3-11-25-35-36-26(40-25)34-24(38)14-18-7-6-9-20(13-18)39-27(28,29)30/h4-7,9-10,12-13,15-16H,2-3,8,11,14H2,1H3,(H,32,33,37)(H,34,36,38). The minimum atomic E-state index is -4.81. The summed E-state index contributed by atoms with van der Waals surface area (Å²) in [5.74, 6) is -0.556. The van der Waals surface area contributed by atoms with Crippen molar-refractivity contribution in [3.63, 3.8) is 0 Å². The number of hydrogen-bond acceptors (Lipinski definition) is 8. The van der Waals surface area contributed by atoms with E-state index in [1.54, 1.807) is 12.4 Å². The Labute approximate surface area is 231 Å². The van der Waals surface area contributed by atoms with Crippen molar-refractivity contribution in [1.82, 2.24) is 20.2 Å².